The van der Waals surface area contributed by atoms with Crippen LogP contribution in [-0.2, 0) is 11.3 Å². The summed E-state index contributed by atoms with van der Waals surface area (Å²) < 4.78 is 11.1. The van der Waals surface area contributed by atoms with E-state index >= 15 is 0 Å². The lowest BCUT2D eigenvalue weighted by atomic mass is 10.1. The molecule has 1 aromatic carbocycles. The molecule has 0 aliphatic heterocycles. The molecule has 1 N–H and O–H groups in total. The number of hydrogen-bond donors (Lipinski definition) is 1. The van der Waals surface area contributed by atoms with Crippen LogP contribution in [0.3, 0.4) is 0 Å². The monoisotopic (exact) mass is 263 g/mol. The Hall–Kier alpha value is -1.32. The maximum atomic E-state index is 5.64. The van der Waals surface area contributed by atoms with Crippen molar-refractivity contribution in [2.45, 2.75) is 32.9 Å². The minimum absolute atomic E-state index is 0.123. The number of hydrogen-bond acceptors (Lipinski definition) is 3. The molecule has 0 aromatic heterocycles. The lowest BCUT2D eigenvalue weighted by Gasteiger charge is -2.25. The minimum atomic E-state index is -0.123. The molecule has 0 bridgehead atoms. The van der Waals surface area contributed by atoms with E-state index in [9.17, 15) is 0 Å². The van der Waals surface area contributed by atoms with Crippen LogP contribution >= 0.6 is 0 Å². The van der Waals surface area contributed by atoms with E-state index in [2.05, 4.69) is 37.9 Å². The largest absolute Gasteiger partial charge is 0.490 e. The Morgan fingerprint density at radius 3 is 2.53 bits per heavy atom. The van der Waals surface area contributed by atoms with E-state index < -0.39 is 0 Å². The average molecular weight is 263 g/mol. The third kappa shape index (κ3) is 6.41. The molecule has 0 saturated heterocycles. The molecular formula is C16H25NO2. The second kappa shape index (κ2) is 7.97. The Morgan fingerprint density at radius 2 is 1.95 bits per heavy atom. The molecule has 3 heteroatoms. The molecule has 0 heterocycles. The molecule has 0 amide bonds. The van der Waals surface area contributed by atoms with Gasteiger partial charge in [0, 0.05) is 19.7 Å². The molecular weight excluding hydrogens is 238 g/mol. The summed E-state index contributed by atoms with van der Waals surface area (Å²) in [5.74, 6) is 0.873. The van der Waals surface area contributed by atoms with Crippen molar-refractivity contribution in [1.29, 1.82) is 0 Å². The zero-order valence-corrected chi connectivity index (χ0v) is 12.2. The van der Waals surface area contributed by atoms with Gasteiger partial charge < -0.3 is 14.8 Å². The van der Waals surface area contributed by atoms with Gasteiger partial charge in [-0.3, -0.25) is 0 Å². The van der Waals surface area contributed by atoms with Crippen LogP contribution in [0.4, 0.5) is 0 Å². The van der Waals surface area contributed by atoms with Crippen molar-refractivity contribution in [2.24, 2.45) is 0 Å². The van der Waals surface area contributed by atoms with Gasteiger partial charge in [0.05, 0.1) is 5.60 Å². The molecule has 0 radical (unpaired) electrons. The predicted octanol–water partition coefficient (Wildman–Crippen LogP) is 3.16. The van der Waals surface area contributed by atoms with Crippen molar-refractivity contribution in [3.8, 4) is 5.75 Å². The Balaban J connectivity index is 2.35. The molecule has 0 aliphatic carbocycles. The van der Waals surface area contributed by atoms with Crippen molar-refractivity contribution in [1.82, 2.24) is 5.32 Å². The van der Waals surface area contributed by atoms with Crippen LogP contribution < -0.4 is 10.1 Å². The first kappa shape index (κ1) is 15.7. The fraction of sp³-hybridized carbons (Fsp3) is 0.500. The van der Waals surface area contributed by atoms with Crippen LogP contribution in [-0.4, -0.2) is 25.4 Å². The standard InChI is InChI=1S/C16H25NO2/c1-5-11-18-15-9-7-14(8-10-15)12-17-13-16(3,4)19-6-2/h5,7-10,17H,1,6,11-13H2,2-4H3. The second-order valence-corrected chi connectivity index (χ2v) is 5.04. The first-order chi connectivity index (χ1) is 9.07. The fourth-order valence-electron chi connectivity index (χ4n) is 1.81. The molecule has 0 saturated carbocycles. The van der Waals surface area contributed by atoms with Gasteiger partial charge in [0.15, 0.2) is 0 Å². The molecule has 0 unspecified atom stereocenters. The molecule has 3 nitrogen and oxygen atoms in total. The predicted molar refractivity (Wildman–Crippen MR) is 79.5 cm³/mol. The topological polar surface area (TPSA) is 30.5 Å². The van der Waals surface area contributed by atoms with Crippen LogP contribution in [0.2, 0.25) is 0 Å². The van der Waals surface area contributed by atoms with Gasteiger partial charge >= 0.3 is 0 Å². The van der Waals surface area contributed by atoms with Gasteiger partial charge in [-0.1, -0.05) is 24.8 Å². The molecule has 0 atom stereocenters. The first-order valence-corrected chi connectivity index (χ1v) is 6.74. The second-order valence-electron chi connectivity index (χ2n) is 5.04. The van der Waals surface area contributed by atoms with Crippen molar-refractivity contribution in [3.05, 3.63) is 42.5 Å². The zero-order chi connectivity index (χ0) is 14.1. The summed E-state index contributed by atoms with van der Waals surface area (Å²) in [7, 11) is 0. The number of benzene rings is 1. The van der Waals surface area contributed by atoms with Crippen LogP contribution in [0.5, 0.6) is 5.75 Å². The highest BCUT2D eigenvalue weighted by Gasteiger charge is 2.16. The van der Waals surface area contributed by atoms with Crippen LogP contribution in [0.1, 0.15) is 26.3 Å². The van der Waals surface area contributed by atoms with Gasteiger partial charge in [-0.05, 0) is 38.5 Å². The van der Waals surface area contributed by atoms with Crippen molar-refractivity contribution in [2.75, 3.05) is 19.8 Å². The molecule has 1 aromatic rings. The highest BCUT2D eigenvalue weighted by molar-refractivity contribution is 5.27. The first-order valence-electron chi connectivity index (χ1n) is 6.74. The molecule has 19 heavy (non-hydrogen) atoms. The lowest BCUT2D eigenvalue weighted by Crippen LogP contribution is -2.37. The smallest absolute Gasteiger partial charge is 0.119 e. The van der Waals surface area contributed by atoms with E-state index in [-0.39, 0.29) is 5.60 Å². The van der Waals surface area contributed by atoms with Gasteiger partial charge in [-0.15, -0.1) is 0 Å². The highest BCUT2D eigenvalue weighted by Crippen LogP contribution is 2.12. The normalized spacial score (nSPS) is 11.3. The molecule has 1 rings (SSSR count). The third-order valence-electron chi connectivity index (χ3n) is 2.71. The van der Waals surface area contributed by atoms with E-state index in [4.69, 9.17) is 9.47 Å². The molecule has 106 valence electrons. The number of rotatable bonds is 9. The SMILES string of the molecule is C=CCOc1ccc(CNCC(C)(C)OCC)cc1. The van der Waals surface area contributed by atoms with Crippen LogP contribution in [0.15, 0.2) is 36.9 Å². The number of nitrogens with one attached hydrogen (secondary N) is 1. The Labute approximate surface area is 116 Å². The summed E-state index contributed by atoms with van der Waals surface area (Å²) in [6.45, 7) is 12.8. The Morgan fingerprint density at radius 1 is 1.26 bits per heavy atom. The van der Waals surface area contributed by atoms with Crippen LogP contribution in [0, 0.1) is 0 Å². The van der Waals surface area contributed by atoms with Gasteiger partial charge in [0.1, 0.15) is 12.4 Å². The summed E-state index contributed by atoms with van der Waals surface area (Å²) in [6.07, 6.45) is 1.74. The lowest BCUT2D eigenvalue weighted by molar-refractivity contribution is -0.00897. The van der Waals surface area contributed by atoms with Gasteiger partial charge in [-0.2, -0.15) is 0 Å². The maximum absolute atomic E-state index is 5.64. The van der Waals surface area contributed by atoms with Crippen molar-refractivity contribution >= 4 is 0 Å². The van der Waals surface area contributed by atoms with E-state index in [0.717, 1.165) is 25.4 Å². The van der Waals surface area contributed by atoms with E-state index in [1.165, 1.54) is 5.56 Å². The van der Waals surface area contributed by atoms with E-state index in [1.54, 1.807) is 6.08 Å². The summed E-state index contributed by atoms with van der Waals surface area (Å²) in [5, 5.41) is 3.41. The highest BCUT2D eigenvalue weighted by atomic mass is 16.5. The Kier molecular flexibility index (Phi) is 6.60. The van der Waals surface area contributed by atoms with Crippen molar-refractivity contribution in [3.63, 3.8) is 0 Å². The summed E-state index contributed by atoms with van der Waals surface area (Å²) >= 11 is 0. The Bertz CT molecular complexity index is 371. The summed E-state index contributed by atoms with van der Waals surface area (Å²) in [4.78, 5) is 0. The summed E-state index contributed by atoms with van der Waals surface area (Å²) in [6, 6.07) is 8.10. The number of ether oxygens (including phenoxy) is 2. The van der Waals surface area contributed by atoms with Crippen molar-refractivity contribution < 1.29 is 9.47 Å². The molecule has 0 spiro atoms. The average Bonchev–Trinajstić information content (AvgIpc) is 2.37. The van der Waals surface area contributed by atoms with Gasteiger partial charge in [0.2, 0.25) is 0 Å². The van der Waals surface area contributed by atoms with Gasteiger partial charge in [0.25, 0.3) is 0 Å². The van der Waals surface area contributed by atoms with Crippen LogP contribution in [0.25, 0.3) is 0 Å². The van der Waals surface area contributed by atoms with Gasteiger partial charge in [-0.25, -0.2) is 0 Å². The van der Waals surface area contributed by atoms with E-state index in [1.807, 2.05) is 19.1 Å². The molecule has 0 aliphatic rings. The maximum Gasteiger partial charge on any atom is 0.119 e. The molecule has 0 fully saturated rings. The summed E-state index contributed by atoms with van der Waals surface area (Å²) in [5.41, 5.74) is 1.11. The minimum Gasteiger partial charge on any atom is -0.490 e. The third-order valence-corrected chi connectivity index (χ3v) is 2.71. The fourth-order valence-corrected chi connectivity index (χ4v) is 1.81. The van der Waals surface area contributed by atoms with E-state index in [0.29, 0.717) is 6.61 Å². The quantitative estimate of drug-likeness (QED) is 0.694. The zero-order valence-electron chi connectivity index (χ0n) is 12.2.